The van der Waals surface area contributed by atoms with Crippen LogP contribution < -0.4 is 5.32 Å². The molecule has 0 spiro atoms. The van der Waals surface area contributed by atoms with Crippen molar-refractivity contribution in [3.05, 3.63) is 58.6 Å². The van der Waals surface area contributed by atoms with Gasteiger partial charge in [0.05, 0.1) is 0 Å². The predicted octanol–water partition coefficient (Wildman–Crippen LogP) is 1.70. The van der Waals surface area contributed by atoms with Crippen LogP contribution in [0.5, 0.6) is 0 Å². The molecule has 34 heavy (non-hydrogen) atoms. The summed E-state index contributed by atoms with van der Waals surface area (Å²) in [5, 5.41) is 25.9. The number of amides is 2. The highest BCUT2D eigenvalue weighted by Gasteiger charge is 2.54. The number of hydrogen-bond donors (Lipinski definition) is 3. The summed E-state index contributed by atoms with van der Waals surface area (Å²) < 4.78 is 0. The number of benzene rings is 2. The number of carbonyl (C=O) groups excluding carboxylic acids is 2. The van der Waals surface area contributed by atoms with Crippen LogP contribution in [0, 0.1) is 0 Å². The number of nitrogens with zero attached hydrogens (tertiary/aromatic N) is 2. The van der Waals surface area contributed by atoms with E-state index >= 15 is 0 Å². The van der Waals surface area contributed by atoms with Gasteiger partial charge in [0.1, 0.15) is 17.1 Å². The molecule has 2 atom stereocenters. The quantitative estimate of drug-likeness (QED) is 0.279. The van der Waals surface area contributed by atoms with Gasteiger partial charge in [0.15, 0.2) is 5.71 Å². The van der Waals surface area contributed by atoms with Gasteiger partial charge in [-0.05, 0) is 23.1 Å². The van der Waals surface area contributed by atoms with Crippen LogP contribution in [0.3, 0.4) is 0 Å². The summed E-state index contributed by atoms with van der Waals surface area (Å²) in [6, 6.07) is 11.6. The molecule has 2 aromatic rings. The van der Waals surface area contributed by atoms with Gasteiger partial charge in [0.2, 0.25) is 6.61 Å². The van der Waals surface area contributed by atoms with Crippen molar-refractivity contribution in [2.75, 3.05) is 18.6 Å². The van der Waals surface area contributed by atoms with E-state index in [1.807, 2.05) is 24.3 Å². The minimum atomic E-state index is -1.26. The van der Waals surface area contributed by atoms with E-state index in [2.05, 4.69) is 10.5 Å². The normalized spacial score (nSPS) is 20.0. The molecule has 0 aliphatic carbocycles. The van der Waals surface area contributed by atoms with E-state index in [9.17, 15) is 24.3 Å². The minimum absolute atomic E-state index is 0.0695. The molecule has 4 rings (SSSR count). The minimum Gasteiger partial charge on any atom is -0.479 e. The number of nitrogens with one attached hydrogen (secondary N) is 1. The zero-order chi connectivity index (χ0) is 24.4. The first-order valence-electron chi connectivity index (χ1n) is 9.98. The van der Waals surface area contributed by atoms with Gasteiger partial charge in [-0.15, -0.1) is 23.5 Å². The van der Waals surface area contributed by atoms with Crippen LogP contribution in [0.1, 0.15) is 5.56 Å². The van der Waals surface area contributed by atoms with Crippen LogP contribution in [0.25, 0.3) is 10.8 Å². The molecular formula is C22H19N3O7S2. The Morgan fingerprint density at radius 2 is 1.94 bits per heavy atom. The van der Waals surface area contributed by atoms with Crippen LogP contribution in [0.15, 0.2) is 58.2 Å². The maximum Gasteiger partial charge on any atom is 0.353 e. The van der Waals surface area contributed by atoms with Crippen molar-refractivity contribution in [1.29, 1.82) is 0 Å². The molecule has 2 aromatic carbocycles. The average Bonchev–Trinajstić information content (AvgIpc) is 2.83. The van der Waals surface area contributed by atoms with E-state index < -0.39 is 41.8 Å². The van der Waals surface area contributed by atoms with Crippen LogP contribution in [-0.2, 0) is 24.0 Å². The molecule has 2 heterocycles. The monoisotopic (exact) mass is 501 g/mol. The van der Waals surface area contributed by atoms with Gasteiger partial charge in [0, 0.05) is 16.2 Å². The fraction of sp³-hybridized carbons (Fsp3) is 0.227. The number of thioether (sulfide) groups is 2. The van der Waals surface area contributed by atoms with Gasteiger partial charge >= 0.3 is 11.9 Å². The van der Waals surface area contributed by atoms with Crippen molar-refractivity contribution in [2.24, 2.45) is 5.16 Å². The molecule has 1 saturated heterocycles. The second-order valence-electron chi connectivity index (χ2n) is 7.31. The lowest BCUT2D eigenvalue weighted by atomic mass is 10.0. The first-order valence-corrected chi connectivity index (χ1v) is 12.3. The smallest absolute Gasteiger partial charge is 0.353 e. The summed E-state index contributed by atoms with van der Waals surface area (Å²) in [6.45, 7) is -0.747. The summed E-state index contributed by atoms with van der Waals surface area (Å²) in [5.74, 6) is -3.34. The Labute approximate surface area is 202 Å². The second kappa shape index (κ2) is 9.77. The highest BCUT2D eigenvalue weighted by Crippen LogP contribution is 2.42. The highest BCUT2D eigenvalue weighted by molar-refractivity contribution is 8.05. The van der Waals surface area contributed by atoms with Crippen molar-refractivity contribution in [1.82, 2.24) is 10.2 Å². The Morgan fingerprint density at radius 1 is 1.21 bits per heavy atom. The Balaban J connectivity index is 1.59. The van der Waals surface area contributed by atoms with Crippen LogP contribution in [-0.4, -0.2) is 74.6 Å². The molecule has 0 saturated carbocycles. The number of rotatable bonds is 8. The number of oxime groups is 1. The van der Waals surface area contributed by atoms with Crippen LogP contribution in [0.2, 0.25) is 0 Å². The average molecular weight is 502 g/mol. The van der Waals surface area contributed by atoms with Crippen LogP contribution >= 0.6 is 23.5 Å². The number of carboxylic acids is 2. The number of β-lactam (4-membered cyclic amide) rings is 1. The van der Waals surface area contributed by atoms with Gasteiger partial charge in [-0.1, -0.05) is 41.6 Å². The Kier molecular flexibility index (Phi) is 6.80. The van der Waals surface area contributed by atoms with E-state index in [4.69, 9.17) is 9.94 Å². The molecule has 0 aromatic heterocycles. The number of fused-ring (bicyclic) bond motifs is 2. The zero-order valence-corrected chi connectivity index (χ0v) is 19.4. The fourth-order valence-corrected chi connectivity index (χ4v) is 5.92. The molecule has 0 radical (unpaired) electrons. The summed E-state index contributed by atoms with van der Waals surface area (Å²) in [4.78, 5) is 55.1. The molecule has 0 bridgehead atoms. The molecule has 2 amide bonds. The SMILES string of the molecule is CSC1=C(C(=O)O)N2C(=O)C(NC(=O)/C(=N/OCC(=O)O)c3ccc4ccccc4c3)C2SC1. The first kappa shape index (κ1) is 23.6. The molecular weight excluding hydrogens is 482 g/mol. The maximum absolute atomic E-state index is 13.1. The summed E-state index contributed by atoms with van der Waals surface area (Å²) in [5.41, 5.74) is 0.107. The highest BCUT2D eigenvalue weighted by atomic mass is 32.2. The van der Waals surface area contributed by atoms with E-state index in [1.54, 1.807) is 24.5 Å². The fourth-order valence-electron chi connectivity index (χ4n) is 3.67. The number of aliphatic carboxylic acids is 2. The van der Waals surface area contributed by atoms with Crippen molar-refractivity contribution in [2.45, 2.75) is 11.4 Å². The Hall–Kier alpha value is -3.51. The summed E-state index contributed by atoms with van der Waals surface area (Å²) in [7, 11) is 0. The molecule has 3 N–H and O–H groups in total. The number of carbonyl (C=O) groups is 4. The van der Waals surface area contributed by atoms with Crippen molar-refractivity contribution in [3.63, 3.8) is 0 Å². The van der Waals surface area contributed by atoms with E-state index in [0.717, 1.165) is 10.8 Å². The van der Waals surface area contributed by atoms with Crippen molar-refractivity contribution >= 4 is 63.8 Å². The summed E-state index contributed by atoms with van der Waals surface area (Å²) >= 11 is 2.62. The third kappa shape index (κ3) is 4.46. The Morgan fingerprint density at radius 3 is 2.62 bits per heavy atom. The van der Waals surface area contributed by atoms with E-state index in [0.29, 0.717) is 16.2 Å². The molecule has 2 unspecified atom stereocenters. The Bertz CT molecular complexity index is 1260. The summed E-state index contributed by atoms with van der Waals surface area (Å²) in [6.07, 6.45) is 1.74. The van der Waals surface area contributed by atoms with Crippen LogP contribution in [0.4, 0.5) is 0 Å². The lowest BCUT2D eigenvalue weighted by Gasteiger charge is -2.49. The van der Waals surface area contributed by atoms with Crippen molar-refractivity contribution in [3.8, 4) is 0 Å². The maximum atomic E-state index is 13.1. The number of carboxylic acid groups (broad SMARTS) is 2. The van der Waals surface area contributed by atoms with E-state index in [1.165, 1.54) is 28.4 Å². The second-order valence-corrected chi connectivity index (χ2v) is 9.32. The predicted molar refractivity (Wildman–Crippen MR) is 127 cm³/mol. The number of hydrogen-bond acceptors (Lipinski definition) is 8. The molecule has 176 valence electrons. The third-order valence-corrected chi connectivity index (χ3v) is 7.54. The zero-order valence-electron chi connectivity index (χ0n) is 17.8. The topological polar surface area (TPSA) is 146 Å². The van der Waals surface area contributed by atoms with Gasteiger partial charge in [0.25, 0.3) is 11.8 Å². The lowest BCUT2D eigenvalue weighted by Crippen LogP contribution is -2.71. The first-order chi connectivity index (χ1) is 16.3. The molecule has 1 fully saturated rings. The van der Waals surface area contributed by atoms with Gasteiger partial charge < -0.3 is 20.4 Å². The molecule has 2 aliphatic rings. The standard InChI is InChI=1S/C22H19N3O7S2/c1-33-14-10-34-21-17(20(29)25(21)18(14)22(30)31)23-19(28)16(24-32-9-15(26)27)13-7-6-11-4-2-3-5-12(11)8-13/h2-8,17,21H,9-10H2,1H3,(H,23,28)(H,26,27)(H,30,31)/b24-16+. The molecule has 2 aliphatic heterocycles. The molecule has 10 nitrogen and oxygen atoms in total. The van der Waals surface area contributed by atoms with E-state index in [-0.39, 0.29) is 11.4 Å². The van der Waals surface area contributed by atoms with Gasteiger partial charge in [-0.25, -0.2) is 9.59 Å². The third-order valence-electron chi connectivity index (χ3n) is 5.25. The molecule has 12 heteroatoms. The van der Waals surface area contributed by atoms with Gasteiger partial charge in [-0.2, -0.15) is 0 Å². The lowest BCUT2D eigenvalue weighted by molar-refractivity contribution is -0.150. The van der Waals surface area contributed by atoms with Gasteiger partial charge in [-0.3, -0.25) is 14.5 Å². The van der Waals surface area contributed by atoms with Crippen molar-refractivity contribution < 1.29 is 34.2 Å². The largest absolute Gasteiger partial charge is 0.479 e.